The smallest absolute Gasteiger partial charge is 0.308 e. The number of hydrogen-bond donors (Lipinski definition) is 0. The van der Waals surface area contributed by atoms with Crippen LogP contribution in [0.3, 0.4) is 0 Å². The quantitative estimate of drug-likeness (QED) is 0.488. The highest BCUT2D eigenvalue weighted by atomic mass is 32.2. The van der Waals surface area contributed by atoms with E-state index in [9.17, 15) is 9.18 Å². The van der Waals surface area contributed by atoms with Crippen LogP contribution in [0.1, 0.15) is 25.0 Å². The molecule has 0 saturated heterocycles. The average molecular weight is 393 g/mol. The number of anilines is 2. The van der Waals surface area contributed by atoms with Crippen molar-refractivity contribution in [2.75, 3.05) is 11.4 Å². The van der Waals surface area contributed by atoms with Gasteiger partial charge in [-0.1, -0.05) is 48.2 Å². The number of esters is 1. The van der Waals surface area contributed by atoms with Gasteiger partial charge in [0.2, 0.25) is 0 Å². The summed E-state index contributed by atoms with van der Waals surface area (Å²) < 4.78 is 18.6. The van der Waals surface area contributed by atoms with Gasteiger partial charge in [0.1, 0.15) is 11.9 Å². The van der Waals surface area contributed by atoms with Crippen LogP contribution in [0.15, 0.2) is 82.6 Å². The molecule has 0 aromatic heterocycles. The van der Waals surface area contributed by atoms with Crippen molar-refractivity contribution in [2.45, 2.75) is 29.2 Å². The van der Waals surface area contributed by atoms with Gasteiger partial charge in [0, 0.05) is 16.3 Å². The third-order valence-electron chi connectivity index (χ3n) is 4.72. The van der Waals surface area contributed by atoms with Gasteiger partial charge in [-0.25, -0.2) is 4.39 Å². The van der Waals surface area contributed by atoms with Crippen LogP contribution >= 0.6 is 11.8 Å². The Kier molecular flexibility index (Phi) is 5.35. The van der Waals surface area contributed by atoms with Crippen molar-refractivity contribution in [1.29, 1.82) is 0 Å². The van der Waals surface area contributed by atoms with Gasteiger partial charge < -0.3 is 9.64 Å². The van der Waals surface area contributed by atoms with Gasteiger partial charge >= 0.3 is 5.97 Å². The molecule has 0 N–H and O–H groups in total. The Morgan fingerprint density at radius 2 is 1.54 bits per heavy atom. The third-order valence-corrected chi connectivity index (χ3v) is 5.85. The van der Waals surface area contributed by atoms with Crippen molar-refractivity contribution in [3.8, 4) is 0 Å². The van der Waals surface area contributed by atoms with E-state index in [0.29, 0.717) is 6.54 Å². The topological polar surface area (TPSA) is 29.5 Å². The van der Waals surface area contributed by atoms with Crippen LogP contribution in [0.2, 0.25) is 0 Å². The van der Waals surface area contributed by atoms with Crippen LogP contribution < -0.4 is 4.90 Å². The molecule has 4 rings (SSSR count). The second-order valence-electron chi connectivity index (χ2n) is 6.62. The minimum atomic E-state index is -0.412. The zero-order valence-corrected chi connectivity index (χ0v) is 16.3. The first-order chi connectivity index (χ1) is 13.6. The standard InChI is InChI=1S/C23H20FNO2S/c1-16(17-10-12-18(24)13-11-17)27-23(26)14-15-25-19-6-2-4-8-21(19)28-22-9-5-3-7-20(22)25/h2-13,16H,14-15H2,1H3/t16-/m0/s1. The van der Waals surface area contributed by atoms with E-state index in [1.807, 2.05) is 24.3 Å². The van der Waals surface area contributed by atoms with Crippen LogP contribution in [-0.2, 0) is 9.53 Å². The van der Waals surface area contributed by atoms with E-state index in [2.05, 4.69) is 29.2 Å². The molecule has 28 heavy (non-hydrogen) atoms. The molecule has 0 bridgehead atoms. The van der Waals surface area contributed by atoms with Crippen molar-refractivity contribution in [1.82, 2.24) is 0 Å². The highest BCUT2D eigenvalue weighted by Crippen LogP contribution is 2.47. The maximum Gasteiger partial charge on any atom is 0.308 e. The number of halogens is 1. The van der Waals surface area contributed by atoms with Crippen LogP contribution in [0.4, 0.5) is 15.8 Å². The number of fused-ring (bicyclic) bond motifs is 2. The third kappa shape index (κ3) is 3.90. The summed E-state index contributed by atoms with van der Waals surface area (Å²) >= 11 is 1.74. The largest absolute Gasteiger partial charge is 0.458 e. The summed E-state index contributed by atoms with van der Waals surface area (Å²) in [6.07, 6.45) is -0.150. The summed E-state index contributed by atoms with van der Waals surface area (Å²) in [7, 11) is 0. The molecule has 0 radical (unpaired) electrons. The molecule has 0 saturated carbocycles. The van der Waals surface area contributed by atoms with Crippen LogP contribution in [0.5, 0.6) is 0 Å². The highest BCUT2D eigenvalue weighted by Gasteiger charge is 2.23. The van der Waals surface area contributed by atoms with Crippen LogP contribution in [-0.4, -0.2) is 12.5 Å². The van der Waals surface area contributed by atoms with Gasteiger partial charge in [-0.3, -0.25) is 4.79 Å². The van der Waals surface area contributed by atoms with Gasteiger partial charge in [-0.2, -0.15) is 0 Å². The highest BCUT2D eigenvalue weighted by molar-refractivity contribution is 7.99. The van der Waals surface area contributed by atoms with E-state index in [4.69, 9.17) is 4.74 Å². The second-order valence-corrected chi connectivity index (χ2v) is 7.71. The summed E-state index contributed by atoms with van der Waals surface area (Å²) in [5.41, 5.74) is 2.98. The molecule has 0 fully saturated rings. The maximum atomic E-state index is 13.1. The lowest BCUT2D eigenvalue weighted by Gasteiger charge is -2.32. The Hall–Kier alpha value is -2.79. The summed E-state index contributed by atoms with van der Waals surface area (Å²) in [5, 5.41) is 0. The predicted octanol–water partition coefficient (Wildman–Crippen LogP) is 6.12. The van der Waals surface area contributed by atoms with Gasteiger partial charge in [0.05, 0.1) is 17.8 Å². The second kappa shape index (κ2) is 8.07. The van der Waals surface area contributed by atoms with Crippen molar-refractivity contribution >= 4 is 29.1 Å². The number of ether oxygens (including phenoxy) is 1. The van der Waals surface area contributed by atoms with E-state index >= 15 is 0 Å². The zero-order valence-electron chi connectivity index (χ0n) is 15.5. The SMILES string of the molecule is C[C@H](OC(=O)CCN1c2ccccc2Sc2ccccc21)c1ccc(F)cc1. The molecule has 1 aliphatic rings. The molecule has 0 unspecified atom stereocenters. The van der Waals surface area contributed by atoms with E-state index in [0.717, 1.165) is 16.9 Å². The minimum Gasteiger partial charge on any atom is -0.458 e. The van der Waals surface area contributed by atoms with Gasteiger partial charge in [0.15, 0.2) is 0 Å². The molecule has 1 heterocycles. The minimum absolute atomic E-state index is 0.263. The molecule has 1 atom stereocenters. The number of para-hydroxylation sites is 2. The fourth-order valence-corrected chi connectivity index (χ4v) is 4.38. The summed E-state index contributed by atoms with van der Waals surface area (Å²) in [6.45, 7) is 2.33. The number of nitrogens with zero attached hydrogens (tertiary/aromatic N) is 1. The summed E-state index contributed by atoms with van der Waals surface area (Å²) in [6, 6.07) is 22.4. The molecular formula is C23H20FNO2S. The molecule has 3 nitrogen and oxygen atoms in total. The van der Waals surface area contributed by atoms with E-state index in [1.54, 1.807) is 30.8 Å². The van der Waals surface area contributed by atoms with E-state index in [-0.39, 0.29) is 18.2 Å². The van der Waals surface area contributed by atoms with Crippen molar-refractivity contribution in [3.05, 3.63) is 84.2 Å². The molecule has 3 aromatic carbocycles. The molecule has 3 aromatic rings. The Balaban J connectivity index is 1.46. The van der Waals surface area contributed by atoms with Gasteiger partial charge in [-0.15, -0.1) is 0 Å². The number of rotatable bonds is 5. The normalized spacial score (nSPS) is 13.4. The van der Waals surface area contributed by atoms with Crippen molar-refractivity contribution < 1.29 is 13.9 Å². The van der Waals surface area contributed by atoms with Crippen molar-refractivity contribution in [2.24, 2.45) is 0 Å². The Labute approximate surface area is 168 Å². The maximum absolute atomic E-state index is 13.1. The summed E-state index contributed by atoms with van der Waals surface area (Å²) in [5.74, 6) is -0.576. The molecule has 0 spiro atoms. The average Bonchev–Trinajstić information content (AvgIpc) is 2.71. The number of benzene rings is 3. The molecule has 142 valence electrons. The number of carbonyl (C=O) groups excluding carboxylic acids is 1. The first kappa shape index (κ1) is 18.6. The number of hydrogen-bond acceptors (Lipinski definition) is 4. The summed E-state index contributed by atoms with van der Waals surface area (Å²) in [4.78, 5) is 17.0. The molecule has 0 aliphatic carbocycles. The zero-order chi connectivity index (χ0) is 19.5. The molecule has 1 aliphatic heterocycles. The Morgan fingerprint density at radius 1 is 0.964 bits per heavy atom. The fraction of sp³-hybridized carbons (Fsp3) is 0.174. The van der Waals surface area contributed by atoms with Gasteiger partial charge in [-0.05, 0) is 48.9 Å². The molecule has 0 amide bonds. The van der Waals surface area contributed by atoms with Crippen molar-refractivity contribution in [3.63, 3.8) is 0 Å². The fourth-order valence-electron chi connectivity index (χ4n) is 3.28. The van der Waals surface area contributed by atoms with Crippen LogP contribution in [0.25, 0.3) is 0 Å². The molecule has 5 heteroatoms. The Bertz CT molecular complexity index is 944. The van der Waals surface area contributed by atoms with E-state index in [1.165, 1.54) is 21.9 Å². The lowest BCUT2D eigenvalue weighted by Crippen LogP contribution is -2.24. The first-order valence-corrected chi connectivity index (χ1v) is 10.0. The Morgan fingerprint density at radius 3 is 2.14 bits per heavy atom. The monoisotopic (exact) mass is 393 g/mol. The van der Waals surface area contributed by atoms with E-state index < -0.39 is 6.10 Å². The lowest BCUT2D eigenvalue weighted by atomic mass is 10.1. The predicted molar refractivity (Wildman–Crippen MR) is 110 cm³/mol. The lowest BCUT2D eigenvalue weighted by molar-refractivity contribution is -0.148. The van der Waals surface area contributed by atoms with Crippen LogP contribution in [0, 0.1) is 5.82 Å². The molecular weight excluding hydrogens is 373 g/mol. The van der Waals surface area contributed by atoms with Gasteiger partial charge in [0.25, 0.3) is 0 Å². The number of carbonyl (C=O) groups is 1. The first-order valence-electron chi connectivity index (χ1n) is 9.20.